The fraction of sp³-hybridized carbons (Fsp3) is 0.391. The minimum absolute atomic E-state index is 0.0309. The van der Waals surface area contributed by atoms with Gasteiger partial charge in [0.05, 0.1) is 12.2 Å². The molecule has 3 N–H and O–H groups in total. The van der Waals surface area contributed by atoms with E-state index < -0.39 is 24.6 Å². The Morgan fingerprint density at radius 3 is 2.69 bits per heavy atom. The number of aliphatic hydroxyl groups is 1. The molecule has 13 heteroatoms. The molecule has 1 aliphatic rings. The van der Waals surface area contributed by atoms with Crippen molar-refractivity contribution in [1.29, 1.82) is 0 Å². The monoisotopic (exact) mass is 524 g/mol. The largest absolute Gasteiger partial charge is 0.493 e. The van der Waals surface area contributed by atoms with Crippen molar-refractivity contribution < 1.29 is 27.4 Å². The summed E-state index contributed by atoms with van der Waals surface area (Å²) in [5.74, 6) is -0.0678. The van der Waals surface area contributed by atoms with E-state index in [1.165, 1.54) is 23.5 Å². The van der Waals surface area contributed by atoms with Crippen LogP contribution in [0.25, 0.3) is 16.8 Å². The maximum absolute atomic E-state index is 15.0. The summed E-state index contributed by atoms with van der Waals surface area (Å²) in [6.07, 6.45) is -1.17. The number of H-pyrrole nitrogens is 1. The minimum atomic E-state index is -4.16. The summed E-state index contributed by atoms with van der Waals surface area (Å²) >= 11 is 1.45. The summed E-state index contributed by atoms with van der Waals surface area (Å²) in [5.41, 5.74) is 1.47. The van der Waals surface area contributed by atoms with E-state index in [2.05, 4.69) is 30.9 Å². The molecular weight excluding hydrogens is 500 g/mol. The number of alkyl halides is 3. The third kappa shape index (κ3) is 6.26. The number of aliphatic hydroxyl groups excluding tert-OH is 1. The Hall–Kier alpha value is -3.32. The van der Waals surface area contributed by atoms with Crippen molar-refractivity contribution in [3.8, 4) is 5.75 Å². The molecule has 36 heavy (non-hydrogen) atoms. The normalized spacial score (nSPS) is 16.2. The van der Waals surface area contributed by atoms with Crippen molar-refractivity contribution in [2.45, 2.75) is 51.4 Å². The summed E-state index contributed by atoms with van der Waals surface area (Å²) in [7, 11) is 0. The van der Waals surface area contributed by atoms with Crippen LogP contribution >= 0.6 is 11.3 Å². The van der Waals surface area contributed by atoms with Gasteiger partial charge in [0.25, 0.3) is 0 Å². The van der Waals surface area contributed by atoms with Gasteiger partial charge >= 0.3 is 6.18 Å². The molecule has 1 unspecified atom stereocenters. The Morgan fingerprint density at radius 2 is 2.03 bits per heavy atom. The van der Waals surface area contributed by atoms with E-state index in [0.29, 0.717) is 34.7 Å². The molecule has 0 spiro atoms. The Morgan fingerprint density at radius 1 is 1.19 bits per heavy atom. The van der Waals surface area contributed by atoms with Gasteiger partial charge in [0.15, 0.2) is 12.1 Å². The minimum Gasteiger partial charge on any atom is -0.493 e. The molecule has 4 rings (SSSR count). The highest BCUT2D eigenvalue weighted by Crippen LogP contribution is 2.37. The van der Waals surface area contributed by atoms with Gasteiger partial charge in [0.1, 0.15) is 16.6 Å². The maximum atomic E-state index is 15.0. The van der Waals surface area contributed by atoms with Crippen LogP contribution in [0.3, 0.4) is 0 Å². The topological polar surface area (TPSA) is 109 Å². The molecule has 2 aromatic heterocycles. The van der Waals surface area contributed by atoms with Gasteiger partial charge in [-0.1, -0.05) is 6.92 Å². The first-order valence-electron chi connectivity index (χ1n) is 11.3. The number of tetrazole rings is 1. The SMILES string of the molecule is CCc1cnc(C2=C(c3nnn[nH]3)C(O)NC(c3ccc(OCCCCCC(F)(F)F)cc3F)=C2)s1. The van der Waals surface area contributed by atoms with E-state index in [9.17, 15) is 18.3 Å². The van der Waals surface area contributed by atoms with Crippen LogP contribution in [0.2, 0.25) is 0 Å². The molecule has 3 heterocycles. The first-order valence-corrected chi connectivity index (χ1v) is 12.2. The van der Waals surface area contributed by atoms with Crippen LogP contribution in [0.4, 0.5) is 17.6 Å². The Bertz CT molecular complexity index is 1240. The molecule has 192 valence electrons. The average molecular weight is 525 g/mol. The zero-order chi connectivity index (χ0) is 25.7. The number of aryl methyl sites for hydroxylation is 1. The molecule has 0 amide bonds. The second kappa shape index (κ2) is 11.2. The highest BCUT2D eigenvalue weighted by molar-refractivity contribution is 7.12. The molecule has 1 aromatic carbocycles. The van der Waals surface area contributed by atoms with Crippen LogP contribution < -0.4 is 10.1 Å². The molecule has 0 radical (unpaired) electrons. The molecule has 8 nitrogen and oxygen atoms in total. The van der Waals surface area contributed by atoms with Crippen molar-refractivity contribution in [2.75, 3.05) is 6.61 Å². The molecule has 1 aliphatic heterocycles. The third-order valence-electron chi connectivity index (χ3n) is 5.48. The van der Waals surface area contributed by atoms with Crippen molar-refractivity contribution in [2.24, 2.45) is 0 Å². The molecule has 1 atom stereocenters. The average Bonchev–Trinajstić information content (AvgIpc) is 3.52. The van der Waals surface area contributed by atoms with E-state index in [4.69, 9.17) is 4.74 Å². The van der Waals surface area contributed by atoms with Gasteiger partial charge in [-0.2, -0.15) is 13.2 Å². The van der Waals surface area contributed by atoms with Crippen molar-refractivity contribution in [3.05, 3.63) is 57.6 Å². The van der Waals surface area contributed by atoms with Gasteiger partial charge in [-0.05, 0) is 54.3 Å². The maximum Gasteiger partial charge on any atom is 0.389 e. The van der Waals surface area contributed by atoms with E-state index >= 15 is 4.39 Å². The van der Waals surface area contributed by atoms with E-state index in [0.717, 1.165) is 11.3 Å². The number of aromatic nitrogens is 5. The summed E-state index contributed by atoms with van der Waals surface area (Å²) in [4.78, 5) is 5.50. The molecule has 0 fully saturated rings. The Labute approximate surface area is 208 Å². The van der Waals surface area contributed by atoms with Gasteiger partial charge in [0, 0.05) is 40.4 Å². The highest BCUT2D eigenvalue weighted by Gasteiger charge is 2.29. The molecule has 0 aliphatic carbocycles. The first-order chi connectivity index (χ1) is 17.2. The van der Waals surface area contributed by atoms with Gasteiger partial charge in [0.2, 0.25) is 0 Å². The second-order valence-corrected chi connectivity index (χ2v) is 9.20. The van der Waals surface area contributed by atoms with Gasteiger partial charge in [-0.15, -0.1) is 16.4 Å². The summed E-state index contributed by atoms with van der Waals surface area (Å²) in [6, 6.07) is 4.29. The number of ether oxygens (including phenoxy) is 1. The number of benzene rings is 1. The fourth-order valence-electron chi connectivity index (χ4n) is 3.69. The lowest BCUT2D eigenvalue weighted by molar-refractivity contribution is -0.135. The smallest absolute Gasteiger partial charge is 0.389 e. The zero-order valence-corrected chi connectivity index (χ0v) is 20.1. The van der Waals surface area contributed by atoms with Crippen LogP contribution in [-0.4, -0.2) is 49.7 Å². The molecular formula is C23H24F4N6O2S. The first kappa shape index (κ1) is 25.8. The molecule has 0 saturated heterocycles. The van der Waals surface area contributed by atoms with Crippen LogP contribution in [0, 0.1) is 5.82 Å². The molecule has 3 aromatic rings. The second-order valence-electron chi connectivity index (χ2n) is 8.08. The zero-order valence-electron chi connectivity index (χ0n) is 19.3. The van der Waals surface area contributed by atoms with Crippen molar-refractivity contribution >= 4 is 28.2 Å². The quantitative estimate of drug-likeness (QED) is 0.260. The number of nitrogens with zero attached hydrogens (tertiary/aromatic N) is 4. The number of thiazole rings is 1. The summed E-state index contributed by atoms with van der Waals surface area (Å²) < 4.78 is 57.2. The lowest BCUT2D eigenvalue weighted by atomic mass is 9.98. The Kier molecular flexibility index (Phi) is 7.99. The van der Waals surface area contributed by atoms with Crippen LogP contribution in [-0.2, 0) is 6.42 Å². The predicted octanol–water partition coefficient (Wildman–Crippen LogP) is 4.73. The number of unbranched alkanes of at least 4 members (excludes halogenated alkanes) is 2. The number of rotatable bonds is 10. The number of hydrogen-bond acceptors (Lipinski definition) is 8. The predicted molar refractivity (Wildman–Crippen MR) is 126 cm³/mol. The lowest BCUT2D eigenvalue weighted by Gasteiger charge is -2.25. The summed E-state index contributed by atoms with van der Waals surface area (Å²) in [6.45, 7) is 2.19. The van der Waals surface area contributed by atoms with E-state index in [-0.39, 0.29) is 30.2 Å². The van der Waals surface area contributed by atoms with Gasteiger partial charge in [-0.25, -0.2) is 14.5 Å². The standard InChI is InChI=1S/C23H24F4N6O2S/c1-2-14-12-28-22(36-14)16-11-18(29-21(34)19(16)20-30-32-33-31-20)15-7-6-13(10-17(15)24)35-9-5-3-4-8-23(25,26)27/h6-7,10-12,21,29,34H,2-5,8-9H2,1H3,(H,30,31,32,33). The van der Waals surface area contributed by atoms with Crippen LogP contribution in [0.5, 0.6) is 5.75 Å². The van der Waals surface area contributed by atoms with E-state index in [1.807, 2.05) is 6.92 Å². The van der Waals surface area contributed by atoms with Crippen LogP contribution in [0.1, 0.15) is 53.9 Å². The van der Waals surface area contributed by atoms with Gasteiger partial charge < -0.3 is 15.2 Å². The number of hydrogen-bond donors (Lipinski definition) is 3. The van der Waals surface area contributed by atoms with Crippen molar-refractivity contribution in [1.82, 2.24) is 30.9 Å². The Balaban J connectivity index is 1.53. The van der Waals surface area contributed by atoms with Gasteiger partial charge in [-0.3, -0.25) is 0 Å². The summed E-state index contributed by atoms with van der Waals surface area (Å²) in [5, 5.41) is 28.1. The van der Waals surface area contributed by atoms with Crippen molar-refractivity contribution in [3.63, 3.8) is 0 Å². The number of halogens is 4. The number of aromatic amines is 1. The number of dihydropyridines is 1. The van der Waals surface area contributed by atoms with Crippen LogP contribution in [0.15, 0.2) is 30.5 Å². The highest BCUT2D eigenvalue weighted by atomic mass is 32.1. The van der Waals surface area contributed by atoms with E-state index in [1.54, 1.807) is 18.3 Å². The number of allylic oxidation sites excluding steroid dienone is 2. The number of nitrogens with one attached hydrogen (secondary N) is 2. The molecule has 0 bridgehead atoms. The third-order valence-corrected chi connectivity index (χ3v) is 6.66. The molecule has 0 saturated carbocycles. The fourth-order valence-corrected chi connectivity index (χ4v) is 4.57. The lowest BCUT2D eigenvalue weighted by Crippen LogP contribution is -2.32.